The Bertz CT molecular complexity index is 1020. The molecule has 1 aromatic carbocycles. The van der Waals surface area contributed by atoms with Gasteiger partial charge in [-0.15, -0.1) is 6.58 Å². The molecule has 2 aliphatic rings. The largest absolute Gasteiger partial charge is 0.505 e. The molecule has 27 heavy (non-hydrogen) atoms. The second-order valence-corrected chi connectivity index (χ2v) is 8.02. The van der Waals surface area contributed by atoms with Gasteiger partial charge in [-0.1, -0.05) is 17.7 Å². The Hall–Kier alpha value is -2.63. The van der Waals surface area contributed by atoms with E-state index in [4.69, 9.17) is 23.8 Å². The molecule has 9 nitrogen and oxygen atoms in total. The fourth-order valence-electron chi connectivity index (χ4n) is 2.56. The fourth-order valence-corrected chi connectivity index (χ4v) is 4.38. The zero-order chi connectivity index (χ0) is 19.9. The first-order valence-electron chi connectivity index (χ1n) is 7.45. The highest BCUT2D eigenvalue weighted by molar-refractivity contribution is 7.89. The number of hydrogen-bond donors (Lipinski definition) is 3. The quantitative estimate of drug-likeness (QED) is 0.472. The van der Waals surface area contributed by atoms with Gasteiger partial charge in [-0.25, -0.2) is 8.42 Å². The molecular weight excluding hydrogens is 416 g/mol. The van der Waals surface area contributed by atoms with Gasteiger partial charge in [0.2, 0.25) is 0 Å². The zero-order valence-electron chi connectivity index (χ0n) is 13.6. The number of carbonyl (C=O) groups is 2. The molecule has 2 aliphatic heterocycles. The lowest BCUT2D eigenvalue weighted by atomic mass is 10.1. The molecule has 1 aromatic rings. The van der Waals surface area contributed by atoms with Crippen molar-refractivity contribution in [3.63, 3.8) is 0 Å². The van der Waals surface area contributed by atoms with E-state index in [1.54, 1.807) is 0 Å². The van der Waals surface area contributed by atoms with Crippen molar-refractivity contribution in [3.8, 4) is 0 Å². The SMILES string of the molecule is C=CCN1C(=O)CN(NC(=O)C2=C(O)c3ccc(Cl)cc3S(=O)(=O)N2)C1=S. The predicted molar refractivity (Wildman–Crippen MR) is 101 cm³/mol. The van der Waals surface area contributed by atoms with Gasteiger partial charge in [-0.2, -0.15) is 0 Å². The van der Waals surface area contributed by atoms with E-state index in [1.165, 1.54) is 23.1 Å². The molecule has 12 heteroatoms. The third-order valence-corrected chi connectivity index (χ3v) is 5.86. The van der Waals surface area contributed by atoms with Crippen molar-refractivity contribution < 1.29 is 23.1 Å². The first-order valence-corrected chi connectivity index (χ1v) is 9.72. The summed E-state index contributed by atoms with van der Waals surface area (Å²) >= 11 is 10.9. The smallest absolute Gasteiger partial charge is 0.290 e. The highest BCUT2D eigenvalue weighted by Crippen LogP contribution is 2.31. The van der Waals surface area contributed by atoms with Gasteiger partial charge in [0.25, 0.3) is 21.8 Å². The second-order valence-electron chi connectivity index (χ2n) is 5.57. The molecule has 0 atom stereocenters. The van der Waals surface area contributed by atoms with Gasteiger partial charge in [0.1, 0.15) is 6.54 Å². The number of aliphatic hydroxyl groups excluding tert-OH is 1. The first kappa shape index (κ1) is 19.1. The molecular formula is C15H13ClN4O5S2. The minimum absolute atomic E-state index is 0.0270. The normalized spacial score (nSPS) is 18.3. The molecule has 2 heterocycles. The Balaban J connectivity index is 1.90. The van der Waals surface area contributed by atoms with Crippen LogP contribution in [0.25, 0.3) is 5.76 Å². The summed E-state index contributed by atoms with van der Waals surface area (Å²) in [5.74, 6) is -1.91. The molecule has 0 saturated carbocycles. The number of hydrogen-bond acceptors (Lipinski definition) is 6. The molecule has 3 N–H and O–H groups in total. The lowest BCUT2D eigenvalue weighted by molar-refractivity contribution is -0.125. The van der Waals surface area contributed by atoms with Crippen LogP contribution in [0.15, 0.2) is 41.4 Å². The van der Waals surface area contributed by atoms with Gasteiger partial charge in [-0.05, 0) is 30.4 Å². The van der Waals surface area contributed by atoms with Crippen LogP contribution in [0, 0.1) is 0 Å². The number of carbonyl (C=O) groups excluding carboxylic acids is 2. The van der Waals surface area contributed by atoms with Crippen LogP contribution in [0.1, 0.15) is 5.56 Å². The molecule has 0 bridgehead atoms. The maximum absolute atomic E-state index is 12.5. The van der Waals surface area contributed by atoms with E-state index in [2.05, 4.69) is 12.0 Å². The minimum atomic E-state index is -4.12. The Morgan fingerprint density at radius 3 is 2.85 bits per heavy atom. The average Bonchev–Trinajstić information content (AvgIpc) is 2.86. The highest BCUT2D eigenvalue weighted by atomic mass is 35.5. The van der Waals surface area contributed by atoms with Crippen LogP contribution < -0.4 is 10.1 Å². The van der Waals surface area contributed by atoms with E-state index in [1.807, 2.05) is 4.72 Å². The summed E-state index contributed by atoms with van der Waals surface area (Å²) in [6, 6.07) is 3.83. The maximum atomic E-state index is 12.5. The van der Waals surface area contributed by atoms with Crippen molar-refractivity contribution in [3.05, 3.63) is 47.1 Å². The van der Waals surface area contributed by atoms with E-state index >= 15 is 0 Å². The number of nitrogens with one attached hydrogen (secondary N) is 2. The number of aliphatic hydroxyl groups is 1. The molecule has 0 aliphatic carbocycles. The number of halogens is 1. The summed E-state index contributed by atoms with van der Waals surface area (Å²) in [6.07, 6.45) is 1.47. The molecule has 1 fully saturated rings. The van der Waals surface area contributed by atoms with Crippen LogP contribution in [0.2, 0.25) is 5.02 Å². The van der Waals surface area contributed by atoms with E-state index in [-0.39, 0.29) is 39.6 Å². The highest BCUT2D eigenvalue weighted by Gasteiger charge is 2.37. The minimum Gasteiger partial charge on any atom is -0.505 e. The first-order chi connectivity index (χ1) is 12.7. The van der Waals surface area contributed by atoms with Crippen molar-refractivity contribution in [1.29, 1.82) is 0 Å². The van der Waals surface area contributed by atoms with Crippen molar-refractivity contribution in [2.24, 2.45) is 0 Å². The molecule has 0 spiro atoms. The van der Waals surface area contributed by atoms with Gasteiger partial charge in [0, 0.05) is 17.1 Å². The number of nitrogens with zero attached hydrogens (tertiary/aromatic N) is 2. The van der Waals surface area contributed by atoms with Gasteiger partial charge in [0.05, 0.1) is 4.90 Å². The summed E-state index contributed by atoms with van der Waals surface area (Å²) in [6.45, 7) is 3.45. The number of sulfonamides is 1. The summed E-state index contributed by atoms with van der Waals surface area (Å²) in [5, 5.41) is 11.6. The number of amides is 2. The third-order valence-electron chi connectivity index (χ3n) is 3.79. The zero-order valence-corrected chi connectivity index (χ0v) is 16.0. The number of hydrazine groups is 1. The maximum Gasteiger partial charge on any atom is 0.290 e. The summed E-state index contributed by atoms with van der Waals surface area (Å²) in [5.41, 5.74) is 1.65. The molecule has 0 unspecified atom stereocenters. The standard InChI is InChI=1S/C15H13ClN4O5S2/c1-2-5-19-11(21)7-20(15(19)26)17-14(23)12-13(22)9-4-3-8(16)6-10(9)27(24,25)18-12/h2-4,6,18,22H,1,5,7H2,(H,17,23). The molecule has 0 radical (unpaired) electrons. The third kappa shape index (κ3) is 3.36. The molecule has 2 amide bonds. The van der Waals surface area contributed by atoms with E-state index in [0.29, 0.717) is 0 Å². The van der Waals surface area contributed by atoms with Crippen LogP contribution in [-0.2, 0) is 19.6 Å². The predicted octanol–water partition coefficient (Wildman–Crippen LogP) is 0.505. The van der Waals surface area contributed by atoms with Crippen LogP contribution in [0.3, 0.4) is 0 Å². The number of benzene rings is 1. The van der Waals surface area contributed by atoms with Crippen LogP contribution in [-0.4, -0.2) is 53.4 Å². The van der Waals surface area contributed by atoms with Crippen LogP contribution in [0.5, 0.6) is 0 Å². The number of rotatable bonds is 4. The molecule has 0 aromatic heterocycles. The van der Waals surface area contributed by atoms with Crippen molar-refractivity contribution in [2.75, 3.05) is 13.1 Å². The lowest BCUT2D eigenvalue weighted by Gasteiger charge is -2.24. The fraction of sp³-hybridized carbons (Fsp3) is 0.133. The molecule has 1 saturated heterocycles. The molecule has 3 rings (SSSR count). The van der Waals surface area contributed by atoms with E-state index < -0.39 is 27.4 Å². The topological polar surface area (TPSA) is 119 Å². The second kappa shape index (κ2) is 6.83. The van der Waals surface area contributed by atoms with E-state index in [9.17, 15) is 23.1 Å². The lowest BCUT2D eigenvalue weighted by Crippen LogP contribution is -2.48. The van der Waals surface area contributed by atoms with Crippen molar-refractivity contribution in [1.82, 2.24) is 20.1 Å². The summed E-state index contributed by atoms with van der Waals surface area (Å²) in [4.78, 5) is 25.4. The van der Waals surface area contributed by atoms with Crippen molar-refractivity contribution in [2.45, 2.75) is 4.90 Å². The monoisotopic (exact) mass is 428 g/mol. The Morgan fingerprint density at radius 2 is 2.19 bits per heavy atom. The summed E-state index contributed by atoms with van der Waals surface area (Å²) < 4.78 is 26.7. The Morgan fingerprint density at radius 1 is 1.48 bits per heavy atom. The number of thiocarbonyl (C=S) groups is 1. The van der Waals surface area contributed by atoms with Gasteiger partial charge in [0.15, 0.2) is 16.6 Å². The molecule has 142 valence electrons. The van der Waals surface area contributed by atoms with Gasteiger partial charge in [-0.3, -0.25) is 29.6 Å². The van der Waals surface area contributed by atoms with Gasteiger partial charge < -0.3 is 5.11 Å². The number of fused-ring (bicyclic) bond motifs is 1. The van der Waals surface area contributed by atoms with E-state index in [0.717, 1.165) is 11.1 Å². The van der Waals surface area contributed by atoms with Gasteiger partial charge >= 0.3 is 0 Å². The average molecular weight is 429 g/mol. The Kier molecular flexibility index (Phi) is 4.84. The van der Waals surface area contributed by atoms with Crippen LogP contribution >= 0.6 is 23.8 Å². The Labute approximate surface area is 164 Å². The summed E-state index contributed by atoms with van der Waals surface area (Å²) in [7, 11) is -4.12. The van der Waals surface area contributed by atoms with Crippen LogP contribution in [0.4, 0.5) is 0 Å². The van der Waals surface area contributed by atoms with Crippen molar-refractivity contribution >= 4 is 56.5 Å².